The van der Waals surface area contributed by atoms with Crippen LogP contribution in [0, 0.1) is 18.6 Å². The molecule has 0 saturated carbocycles. The number of amides is 2. The van der Waals surface area contributed by atoms with Gasteiger partial charge in [0.05, 0.1) is 13.2 Å². The fourth-order valence-electron chi connectivity index (χ4n) is 3.76. The van der Waals surface area contributed by atoms with E-state index in [1.54, 1.807) is 24.0 Å². The summed E-state index contributed by atoms with van der Waals surface area (Å²) >= 11 is 3.29. The molecule has 0 aliphatic carbocycles. The number of carbonyl (C=O) groups is 1. The zero-order chi connectivity index (χ0) is 24.9. The fourth-order valence-corrected chi connectivity index (χ4v) is 4.17. The van der Waals surface area contributed by atoms with Crippen molar-refractivity contribution in [1.29, 1.82) is 0 Å². The Morgan fingerprint density at radius 1 is 1.14 bits per heavy atom. The SMILES string of the molecule is Cc1cc(OCc2ccc(F)cc2F)c(Br)c(=O)n1-c1cccc(CNC(=O)N2CCOCC2)c1. The molecule has 35 heavy (non-hydrogen) atoms. The summed E-state index contributed by atoms with van der Waals surface area (Å²) in [6.07, 6.45) is 0. The van der Waals surface area contributed by atoms with Crippen molar-refractivity contribution in [2.75, 3.05) is 26.3 Å². The number of nitrogens with zero attached hydrogens (tertiary/aromatic N) is 2. The van der Waals surface area contributed by atoms with Crippen LogP contribution in [0.15, 0.2) is 57.8 Å². The molecule has 1 aliphatic heterocycles. The molecule has 0 atom stereocenters. The van der Waals surface area contributed by atoms with Crippen LogP contribution in [0.2, 0.25) is 0 Å². The number of halogens is 3. The molecule has 1 saturated heterocycles. The van der Waals surface area contributed by atoms with Gasteiger partial charge in [0, 0.05) is 48.7 Å². The molecule has 10 heteroatoms. The van der Waals surface area contributed by atoms with Crippen LogP contribution in [0.1, 0.15) is 16.8 Å². The van der Waals surface area contributed by atoms with Crippen LogP contribution in [-0.4, -0.2) is 41.8 Å². The van der Waals surface area contributed by atoms with Crippen LogP contribution in [0.3, 0.4) is 0 Å². The zero-order valence-electron chi connectivity index (χ0n) is 19.0. The first-order chi connectivity index (χ1) is 16.8. The van der Waals surface area contributed by atoms with Crippen molar-refractivity contribution in [3.63, 3.8) is 0 Å². The number of urea groups is 1. The van der Waals surface area contributed by atoms with E-state index in [4.69, 9.17) is 9.47 Å². The maximum atomic E-state index is 13.9. The topological polar surface area (TPSA) is 72.8 Å². The quantitative estimate of drug-likeness (QED) is 0.499. The normalized spacial score (nSPS) is 13.5. The summed E-state index contributed by atoms with van der Waals surface area (Å²) in [5, 5.41) is 2.90. The Morgan fingerprint density at radius 3 is 2.66 bits per heavy atom. The van der Waals surface area contributed by atoms with E-state index in [2.05, 4.69) is 21.2 Å². The van der Waals surface area contributed by atoms with Crippen LogP contribution >= 0.6 is 15.9 Å². The zero-order valence-corrected chi connectivity index (χ0v) is 20.6. The van der Waals surface area contributed by atoms with E-state index in [1.165, 1.54) is 10.6 Å². The first-order valence-electron chi connectivity index (χ1n) is 11.0. The van der Waals surface area contributed by atoms with E-state index in [1.807, 2.05) is 18.2 Å². The van der Waals surface area contributed by atoms with E-state index < -0.39 is 11.6 Å². The van der Waals surface area contributed by atoms with Gasteiger partial charge < -0.3 is 19.7 Å². The number of aryl methyl sites for hydroxylation is 1. The predicted molar refractivity (Wildman–Crippen MR) is 130 cm³/mol. The summed E-state index contributed by atoms with van der Waals surface area (Å²) < 4.78 is 39.7. The number of hydrogen-bond acceptors (Lipinski definition) is 4. The smallest absolute Gasteiger partial charge is 0.317 e. The summed E-state index contributed by atoms with van der Waals surface area (Å²) in [4.78, 5) is 27.2. The van der Waals surface area contributed by atoms with Crippen LogP contribution in [0.25, 0.3) is 5.69 Å². The van der Waals surface area contributed by atoms with Gasteiger partial charge in [0.2, 0.25) is 0 Å². The van der Waals surface area contributed by atoms with Gasteiger partial charge >= 0.3 is 6.03 Å². The molecule has 0 radical (unpaired) electrons. The Bertz CT molecular complexity index is 1290. The highest BCUT2D eigenvalue weighted by molar-refractivity contribution is 9.10. The van der Waals surface area contributed by atoms with Gasteiger partial charge in [-0.05, 0) is 52.7 Å². The van der Waals surface area contributed by atoms with Gasteiger partial charge in [0.15, 0.2) is 0 Å². The number of hydrogen-bond donors (Lipinski definition) is 1. The first-order valence-corrected chi connectivity index (χ1v) is 11.8. The third-order valence-electron chi connectivity index (χ3n) is 5.61. The summed E-state index contributed by atoms with van der Waals surface area (Å²) in [6.45, 7) is 4.06. The Kier molecular flexibility index (Phi) is 7.82. The molecule has 184 valence electrons. The standard InChI is InChI=1S/C25H24BrF2N3O4/c1-16-11-22(35-15-18-5-6-19(27)13-21(18)28)23(26)24(32)31(16)20-4-2-3-17(12-20)14-29-25(33)30-7-9-34-10-8-30/h2-6,11-13H,7-10,14-15H2,1H3,(H,29,33). The van der Waals surface area contributed by atoms with Crippen LogP contribution < -0.4 is 15.6 Å². The second-order valence-corrected chi connectivity index (χ2v) is 8.85. The van der Waals surface area contributed by atoms with E-state index in [-0.39, 0.29) is 34.0 Å². The highest BCUT2D eigenvalue weighted by Crippen LogP contribution is 2.25. The average molecular weight is 548 g/mol. The first kappa shape index (κ1) is 24.9. The van der Waals surface area contributed by atoms with Gasteiger partial charge in [-0.15, -0.1) is 0 Å². The van der Waals surface area contributed by atoms with E-state index in [0.717, 1.165) is 17.7 Å². The van der Waals surface area contributed by atoms with Gasteiger partial charge in [-0.3, -0.25) is 9.36 Å². The number of nitrogens with one attached hydrogen (secondary N) is 1. The van der Waals surface area contributed by atoms with Crippen LogP contribution in [0.4, 0.5) is 13.6 Å². The Morgan fingerprint density at radius 2 is 1.91 bits per heavy atom. The molecule has 1 N–H and O–H groups in total. The molecule has 0 unspecified atom stereocenters. The number of rotatable bonds is 6. The van der Waals surface area contributed by atoms with E-state index >= 15 is 0 Å². The van der Waals surface area contributed by atoms with Crippen molar-refractivity contribution in [3.8, 4) is 11.4 Å². The third-order valence-corrected chi connectivity index (χ3v) is 6.34. The second kappa shape index (κ2) is 11.0. The predicted octanol–water partition coefficient (Wildman–Crippen LogP) is 4.31. The highest BCUT2D eigenvalue weighted by atomic mass is 79.9. The highest BCUT2D eigenvalue weighted by Gasteiger charge is 2.17. The number of morpholine rings is 1. The molecule has 2 amide bonds. The Hall–Kier alpha value is -3.24. The number of benzene rings is 2. The molecule has 1 aliphatic rings. The lowest BCUT2D eigenvalue weighted by Crippen LogP contribution is -2.45. The summed E-state index contributed by atoms with van der Waals surface area (Å²) in [6, 6.07) is 12.0. The van der Waals surface area contributed by atoms with Gasteiger partial charge in [-0.25, -0.2) is 13.6 Å². The number of pyridine rings is 1. The number of aromatic nitrogens is 1. The minimum atomic E-state index is -0.719. The molecule has 2 aromatic carbocycles. The minimum absolute atomic E-state index is 0.158. The molecular formula is C25H24BrF2N3O4. The van der Waals surface area contributed by atoms with Crippen molar-refractivity contribution in [1.82, 2.24) is 14.8 Å². The van der Waals surface area contributed by atoms with E-state index in [9.17, 15) is 18.4 Å². The molecule has 0 bridgehead atoms. The van der Waals surface area contributed by atoms with Gasteiger partial charge in [-0.1, -0.05) is 12.1 Å². The van der Waals surface area contributed by atoms with Gasteiger partial charge in [0.1, 0.15) is 28.5 Å². The number of ether oxygens (including phenoxy) is 2. The Balaban J connectivity index is 1.50. The van der Waals surface area contributed by atoms with E-state index in [0.29, 0.717) is 44.2 Å². The molecule has 0 spiro atoms. The lowest BCUT2D eigenvalue weighted by molar-refractivity contribution is 0.0531. The Labute approximate surface area is 209 Å². The van der Waals surface area contributed by atoms with Gasteiger partial charge in [-0.2, -0.15) is 0 Å². The minimum Gasteiger partial charge on any atom is -0.487 e. The molecule has 1 aromatic heterocycles. The second-order valence-electron chi connectivity index (χ2n) is 8.06. The summed E-state index contributed by atoms with van der Waals surface area (Å²) in [7, 11) is 0. The third kappa shape index (κ3) is 5.88. The maximum Gasteiger partial charge on any atom is 0.317 e. The average Bonchev–Trinajstić information content (AvgIpc) is 2.85. The van der Waals surface area contributed by atoms with Gasteiger partial charge in [0.25, 0.3) is 5.56 Å². The van der Waals surface area contributed by atoms with Crippen molar-refractivity contribution in [2.24, 2.45) is 0 Å². The molecule has 2 heterocycles. The maximum absolute atomic E-state index is 13.9. The summed E-state index contributed by atoms with van der Waals surface area (Å²) in [5.41, 5.74) is 1.88. The van der Waals surface area contributed by atoms with Crippen LogP contribution in [-0.2, 0) is 17.9 Å². The lowest BCUT2D eigenvalue weighted by Gasteiger charge is -2.27. The van der Waals surface area contributed by atoms with Crippen LogP contribution in [0.5, 0.6) is 5.75 Å². The van der Waals surface area contributed by atoms with Crippen molar-refractivity contribution in [2.45, 2.75) is 20.1 Å². The lowest BCUT2D eigenvalue weighted by atomic mass is 10.2. The molecule has 3 aromatic rings. The molecular weight excluding hydrogens is 524 g/mol. The fraction of sp³-hybridized carbons (Fsp3) is 0.280. The molecule has 1 fully saturated rings. The molecule has 4 rings (SSSR count). The monoisotopic (exact) mass is 547 g/mol. The largest absolute Gasteiger partial charge is 0.487 e. The van der Waals surface area contributed by atoms with Crippen molar-refractivity contribution >= 4 is 22.0 Å². The molecule has 7 nitrogen and oxygen atoms in total. The van der Waals surface area contributed by atoms with Crippen molar-refractivity contribution in [3.05, 3.63) is 91.8 Å². The summed E-state index contributed by atoms with van der Waals surface area (Å²) in [5.74, 6) is -1.14. The van der Waals surface area contributed by atoms with Crippen molar-refractivity contribution < 1.29 is 23.0 Å². The number of carbonyl (C=O) groups excluding carboxylic acids is 1.